The van der Waals surface area contributed by atoms with Crippen molar-refractivity contribution in [3.63, 3.8) is 0 Å². The average Bonchev–Trinajstić information content (AvgIpc) is 2.85. The summed E-state index contributed by atoms with van der Waals surface area (Å²) < 4.78 is 29.5. The van der Waals surface area contributed by atoms with E-state index < -0.39 is 0 Å². The van der Waals surface area contributed by atoms with E-state index in [4.69, 9.17) is 28.8 Å². The zero-order valence-corrected chi connectivity index (χ0v) is 21.7. The second-order valence-corrected chi connectivity index (χ2v) is 8.64. The van der Waals surface area contributed by atoms with Gasteiger partial charge in [-0.25, -0.2) is 0 Å². The molecule has 2 rings (SSSR count). The van der Waals surface area contributed by atoms with E-state index in [-0.39, 0.29) is 12.7 Å². The van der Waals surface area contributed by atoms with Gasteiger partial charge in [-0.2, -0.15) is 0 Å². The highest BCUT2D eigenvalue weighted by molar-refractivity contribution is 6.03. The maximum Gasteiger partial charge on any atom is 0.136 e. The van der Waals surface area contributed by atoms with E-state index in [0.29, 0.717) is 29.6 Å². The first-order chi connectivity index (χ1) is 16.5. The maximum atomic E-state index is 8.92. The maximum absolute atomic E-state index is 8.92. The molecular formula is C28H42O6. The van der Waals surface area contributed by atoms with Crippen LogP contribution in [0.2, 0.25) is 0 Å². The molecule has 0 heterocycles. The minimum absolute atomic E-state index is 0.187. The van der Waals surface area contributed by atoms with Crippen LogP contribution in [0, 0.1) is 0 Å². The molecule has 6 nitrogen and oxygen atoms in total. The molecule has 0 radical (unpaired) electrons. The lowest BCUT2D eigenvalue weighted by Crippen LogP contribution is -2.09. The predicted octanol–water partition coefficient (Wildman–Crippen LogP) is 6.62. The van der Waals surface area contributed by atoms with Crippen molar-refractivity contribution in [2.45, 2.75) is 64.9 Å². The van der Waals surface area contributed by atoms with Crippen molar-refractivity contribution in [3.05, 3.63) is 35.4 Å². The number of hydrogen-bond donors (Lipinski definition) is 1. The Kier molecular flexibility index (Phi) is 12.1. The van der Waals surface area contributed by atoms with Crippen molar-refractivity contribution < 1.29 is 28.8 Å². The first kappa shape index (κ1) is 27.8. The lowest BCUT2D eigenvalue weighted by Gasteiger charge is -2.24. The Hall–Kier alpha value is -2.44. The fraction of sp³-hybridized carbons (Fsp3) is 0.571. The zero-order chi connectivity index (χ0) is 24.9. The lowest BCUT2D eigenvalue weighted by molar-refractivity contribution is 0.0501. The highest BCUT2D eigenvalue weighted by Crippen LogP contribution is 2.48. The number of aliphatic hydroxyl groups excluding tert-OH is 1. The smallest absolute Gasteiger partial charge is 0.136 e. The van der Waals surface area contributed by atoms with Gasteiger partial charge in [0, 0.05) is 18.8 Å². The van der Waals surface area contributed by atoms with Gasteiger partial charge < -0.3 is 28.8 Å². The summed E-state index contributed by atoms with van der Waals surface area (Å²) in [5.41, 5.74) is 2.17. The monoisotopic (exact) mass is 474 g/mol. The molecule has 2 aromatic carbocycles. The summed E-state index contributed by atoms with van der Waals surface area (Å²) in [6.45, 7) is 5.13. The molecule has 1 atom stereocenters. The van der Waals surface area contributed by atoms with Gasteiger partial charge in [0.2, 0.25) is 0 Å². The highest BCUT2D eigenvalue weighted by atomic mass is 16.5. The van der Waals surface area contributed by atoms with Gasteiger partial charge in [0.05, 0.1) is 45.3 Å². The van der Waals surface area contributed by atoms with E-state index in [1.807, 2.05) is 18.2 Å². The number of allylic oxidation sites excluding steroid dienone is 1. The Labute approximate surface area is 204 Å². The quantitative estimate of drug-likeness (QED) is 0.218. The van der Waals surface area contributed by atoms with E-state index in [0.717, 1.165) is 61.3 Å². The van der Waals surface area contributed by atoms with Crippen LogP contribution in [0.4, 0.5) is 0 Å². The molecule has 0 saturated heterocycles. The number of ether oxygens (including phenoxy) is 5. The minimum Gasteiger partial charge on any atom is -0.496 e. The molecular weight excluding hydrogens is 432 g/mol. The largest absolute Gasteiger partial charge is 0.496 e. The van der Waals surface area contributed by atoms with E-state index in [1.165, 1.54) is 5.57 Å². The highest BCUT2D eigenvalue weighted by Gasteiger charge is 2.25. The van der Waals surface area contributed by atoms with Gasteiger partial charge >= 0.3 is 0 Å². The van der Waals surface area contributed by atoms with Crippen molar-refractivity contribution in [1.29, 1.82) is 0 Å². The van der Waals surface area contributed by atoms with Crippen molar-refractivity contribution in [3.8, 4) is 23.0 Å². The number of benzene rings is 2. The van der Waals surface area contributed by atoms with E-state index >= 15 is 0 Å². The molecule has 2 aromatic rings. The van der Waals surface area contributed by atoms with Crippen LogP contribution in [-0.4, -0.2) is 46.8 Å². The molecule has 0 aromatic heterocycles. The zero-order valence-electron chi connectivity index (χ0n) is 21.7. The predicted molar refractivity (Wildman–Crippen MR) is 138 cm³/mol. The van der Waals surface area contributed by atoms with Crippen LogP contribution in [0.3, 0.4) is 0 Å². The van der Waals surface area contributed by atoms with Gasteiger partial charge in [0.15, 0.2) is 0 Å². The third-order valence-corrected chi connectivity index (χ3v) is 5.97. The third-order valence-electron chi connectivity index (χ3n) is 5.97. The summed E-state index contributed by atoms with van der Waals surface area (Å²) in [4.78, 5) is 0. The van der Waals surface area contributed by atoms with Crippen LogP contribution in [0.5, 0.6) is 23.0 Å². The van der Waals surface area contributed by atoms with E-state index in [2.05, 4.69) is 19.9 Å². The number of aliphatic hydroxyl groups is 1. The van der Waals surface area contributed by atoms with Crippen molar-refractivity contribution in [2.75, 3.05) is 41.7 Å². The Morgan fingerprint density at radius 3 is 1.94 bits per heavy atom. The first-order valence-corrected chi connectivity index (χ1v) is 12.2. The van der Waals surface area contributed by atoms with Gasteiger partial charge in [-0.1, -0.05) is 37.3 Å². The van der Waals surface area contributed by atoms with Crippen LogP contribution in [0.15, 0.2) is 29.8 Å². The van der Waals surface area contributed by atoms with E-state index in [1.54, 1.807) is 28.4 Å². The molecule has 34 heavy (non-hydrogen) atoms. The molecule has 190 valence electrons. The number of hydrogen-bond acceptors (Lipinski definition) is 6. The van der Waals surface area contributed by atoms with Gasteiger partial charge in [-0.3, -0.25) is 0 Å². The van der Waals surface area contributed by atoms with Gasteiger partial charge in [-0.05, 0) is 51.3 Å². The van der Waals surface area contributed by atoms with Gasteiger partial charge in [0.25, 0.3) is 0 Å². The topological polar surface area (TPSA) is 66.4 Å². The molecule has 0 fully saturated rings. The summed E-state index contributed by atoms with van der Waals surface area (Å²) in [5, 5.41) is 10.5. The standard InChI is InChI=1S/C28H42O6/c1-20(2)13-14-22(34-18-12-10-8-7-9-11-17-29)21-19-25(32-5)26-23(30-3)15-16-24(31-4)27(26)28(21)33-6/h13,15-16,19,22,29H,7-12,14,17-18H2,1-6H3. The Morgan fingerprint density at radius 2 is 1.38 bits per heavy atom. The summed E-state index contributed by atoms with van der Waals surface area (Å²) >= 11 is 0. The Balaban J connectivity index is 2.40. The summed E-state index contributed by atoms with van der Waals surface area (Å²) in [6, 6.07) is 5.76. The minimum atomic E-state index is -0.187. The van der Waals surface area contributed by atoms with Crippen LogP contribution >= 0.6 is 0 Å². The second kappa shape index (κ2) is 14.7. The summed E-state index contributed by atoms with van der Waals surface area (Å²) in [7, 11) is 6.63. The van der Waals surface area contributed by atoms with Crippen molar-refractivity contribution >= 4 is 10.8 Å². The summed E-state index contributed by atoms with van der Waals surface area (Å²) in [6.07, 6.45) is 9.13. The fourth-order valence-corrected chi connectivity index (χ4v) is 4.19. The molecule has 0 bridgehead atoms. The molecule has 0 amide bonds. The molecule has 1 N–H and O–H groups in total. The normalized spacial score (nSPS) is 11.9. The number of fused-ring (bicyclic) bond motifs is 1. The number of rotatable bonds is 16. The van der Waals surface area contributed by atoms with Crippen molar-refractivity contribution in [1.82, 2.24) is 0 Å². The SMILES string of the molecule is COc1ccc(OC)c2c(OC)c(C(CC=C(C)C)OCCCCCCCCO)cc(OC)c12. The fourth-order valence-electron chi connectivity index (χ4n) is 4.19. The summed E-state index contributed by atoms with van der Waals surface area (Å²) in [5.74, 6) is 2.79. The van der Waals surface area contributed by atoms with Crippen LogP contribution < -0.4 is 18.9 Å². The first-order valence-electron chi connectivity index (χ1n) is 12.2. The molecule has 0 aliphatic carbocycles. The number of methoxy groups -OCH3 is 4. The van der Waals surface area contributed by atoms with Crippen LogP contribution in [0.25, 0.3) is 10.8 Å². The molecule has 0 saturated carbocycles. The van der Waals surface area contributed by atoms with Crippen LogP contribution in [-0.2, 0) is 4.74 Å². The second-order valence-electron chi connectivity index (χ2n) is 8.64. The number of unbranched alkanes of at least 4 members (excludes halogenated alkanes) is 5. The van der Waals surface area contributed by atoms with E-state index in [9.17, 15) is 0 Å². The molecule has 0 aliphatic heterocycles. The average molecular weight is 475 g/mol. The van der Waals surface area contributed by atoms with Crippen molar-refractivity contribution in [2.24, 2.45) is 0 Å². The molecule has 0 spiro atoms. The van der Waals surface area contributed by atoms with Gasteiger partial charge in [-0.15, -0.1) is 0 Å². The Morgan fingerprint density at radius 1 is 0.794 bits per heavy atom. The van der Waals surface area contributed by atoms with Gasteiger partial charge in [0.1, 0.15) is 23.0 Å². The Bertz CT molecular complexity index is 917. The molecule has 0 aliphatic rings. The molecule has 6 heteroatoms. The molecule has 1 unspecified atom stereocenters. The lowest BCUT2D eigenvalue weighted by atomic mass is 9.97. The van der Waals surface area contributed by atoms with Crippen LogP contribution in [0.1, 0.15) is 70.5 Å². The third kappa shape index (κ3) is 7.28.